The molecular formula is C27H26N4OS. The molecule has 0 aliphatic carbocycles. The van der Waals surface area contributed by atoms with E-state index in [1.807, 2.05) is 18.5 Å². The SMILES string of the molecule is OC1CCN(Cc2cccc(-c3cc4c(Nc5ccc6[nH]ccc6c5)ccnc4s3)c2)CC1. The lowest BCUT2D eigenvalue weighted by Crippen LogP contribution is -2.35. The smallest absolute Gasteiger partial charge is 0.125 e. The Morgan fingerprint density at radius 3 is 2.88 bits per heavy atom. The second kappa shape index (κ2) is 8.63. The van der Waals surface area contributed by atoms with Crippen LogP contribution in [0.1, 0.15) is 18.4 Å². The van der Waals surface area contributed by atoms with Gasteiger partial charge in [0.15, 0.2) is 0 Å². The Morgan fingerprint density at radius 1 is 1.06 bits per heavy atom. The lowest BCUT2D eigenvalue weighted by molar-refractivity contribution is 0.0792. The van der Waals surface area contributed by atoms with Gasteiger partial charge in [0.2, 0.25) is 0 Å². The number of hydrogen-bond acceptors (Lipinski definition) is 5. The number of aromatic amines is 1. The van der Waals surface area contributed by atoms with Gasteiger partial charge in [-0.2, -0.15) is 0 Å². The van der Waals surface area contributed by atoms with Crippen molar-refractivity contribution in [3.63, 3.8) is 0 Å². The summed E-state index contributed by atoms with van der Waals surface area (Å²) in [6.07, 6.45) is 5.45. The summed E-state index contributed by atoms with van der Waals surface area (Å²) in [6.45, 7) is 2.85. The second-order valence-corrected chi connectivity index (χ2v) is 9.83. The van der Waals surface area contributed by atoms with Crippen molar-refractivity contribution in [1.29, 1.82) is 0 Å². The molecule has 0 spiro atoms. The van der Waals surface area contributed by atoms with Gasteiger partial charge in [0.25, 0.3) is 0 Å². The van der Waals surface area contributed by atoms with Gasteiger partial charge in [-0.05, 0) is 66.4 Å². The van der Waals surface area contributed by atoms with Gasteiger partial charge < -0.3 is 15.4 Å². The number of piperidine rings is 1. The summed E-state index contributed by atoms with van der Waals surface area (Å²) in [5.74, 6) is 0. The zero-order valence-corrected chi connectivity index (χ0v) is 19.1. The van der Waals surface area contributed by atoms with Crippen LogP contribution in [0.4, 0.5) is 11.4 Å². The maximum absolute atomic E-state index is 9.77. The van der Waals surface area contributed by atoms with Crippen molar-refractivity contribution in [3.8, 4) is 10.4 Å². The Hall–Kier alpha value is -3.19. The van der Waals surface area contributed by atoms with Crippen molar-refractivity contribution in [1.82, 2.24) is 14.9 Å². The predicted octanol–water partition coefficient (Wildman–Crippen LogP) is 6.14. The number of likely N-dealkylation sites (tertiary alicyclic amines) is 1. The average molecular weight is 455 g/mol. The van der Waals surface area contributed by atoms with Crippen LogP contribution < -0.4 is 5.32 Å². The summed E-state index contributed by atoms with van der Waals surface area (Å²) in [7, 11) is 0. The van der Waals surface area contributed by atoms with Gasteiger partial charge >= 0.3 is 0 Å². The van der Waals surface area contributed by atoms with Gasteiger partial charge in [-0.3, -0.25) is 4.90 Å². The van der Waals surface area contributed by atoms with E-state index in [2.05, 4.69) is 74.8 Å². The predicted molar refractivity (Wildman–Crippen MR) is 137 cm³/mol. The molecule has 1 fully saturated rings. The highest BCUT2D eigenvalue weighted by Gasteiger charge is 2.17. The number of thiophene rings is 1. The quantitative estimate of drug-likeness (QED) is 0.298. The van der Waals surface area contributed by atoms with Crippen LogP contribution in [0.15, 0.2) is 73.1 Å². The third-order valence-electron chi connectivity index (χ3n) is 6.44. The number of benzene rings is 2. The van der Waals surface area contributed by atoms with Crippen LogP contribution >= 0.6 is 11.3 Å². The van der Waals surface area contributed by atoms with Gasteiger partial charge in [0.1, 0.15) is 4.83 Å². The molecule has 5 nitrogen and oxygen atoms in total. The summed E-state index contributed by atoms with van der Waals surface area (Å²) in [4.78, 5) is 12.6. The van der Waals surface area contributed by atoms with Crippen LogP contribution in [-0.4, -0.2) is 39.2 Å². The molecule has 5 aromatic rings. The monoisotopic (exact) mass is 454 g/mol. The number of aliphatic hydroxyl groups excluding tert-OH is 1. The van der Waals surface area contributed by atoms with Gasteiger partial charge in [-0.25, -0.2) is 4.98 Å². The van der Waals surface area contributed by atoms with E-state index in [-0.39, 0.29) is 6.10 Å². The molecule has 1 aliphatic rings. The molecular weight excluding hydrogens is 428 g/mol. The van der Waals surface area contributed by atoms with Crippen molar-refractivity contribution in [3.05, 3.63) is 78.6 Å². The van der Waals surface area contributed by atoms with E-state index < -0.39 is 0 Å². The lowest BCUT2D eigenvalue weighted by Gasteiger charge is -2.29. The third-order valence-corrected chi connectivity index (χ3v) is 7.53. The van der Waals surface area contributed by atoms with Crippen LogP contribution in [0.25, 0.3) is 31.6 Å². The third kappa shape index (κ3) is 4.25. The Balaban J connectivity index is 1.27. The summed E-state index contributed by atoms with van der Waals surface area (Å²) in [6, 6.07) is 21.6. The minimum Gasteiger partial charge on any atom is -0.393 e. The molecule has 2 aromatic carbocycles. The Kier molecular flexibility index (Phi) is 5.34. The summed E-state index contributed by atoms with van der Waals surface area (Å²) in [5.41, 5.74) is 5.81. The summed E-state index contributed by atoms with van der Waals surface area (Å²) in [5, 5.41) is 15.7. The maximum atomic E-state index is 9.77. The number of nitrogens with one attached hydrogen (secondary N) is 2. The highest BCUT2D eigenvalue weighted by molar-refractivity contribution is 7.21. The number of aromatic nitrogens is 2. The van der Waals surface area contributed by atoms with Crippen LogP contribution in [0.5, 0.6) is 0 Å². The molecule has 6 heteroatoms. The topological polar surface area (TPSA) is 64.2 Å². The van der Waals surface area contributed by atoms with E-state index in [1.54, 1.807) is 11.3 Å². The van der Waals surface area contributed by atoms with E-state index in [1.165, 1.54) is 21.4 Å². The molecule has 166 valence electrons. The summed E-state index contributed by atoms with van der Waals surface area (Å²) >= 11 is 1.73. The first-order chi connectivity index (χ1) is 16.2. The number of hydrogen-bond donors (Lipinski definition) is 3. The van der Waals surface area contributed by atoms with Crippen molar-refractivity contribution >= 4 is 43.8 Å². The van der Waals surface area contributed by atoms with E-state index in [0.29, 0.717) is 0 Å². The molecule has 0 amide bonds. The van der Waals surface area contributed by atoms with Gasteiger partial charge in [-0.15, -0.1) is 11.3 Å². The number of H-pyrrole nitrogens is 1. The normalized spacial score (nSPS) is 15.4. The first-order valence-electron chi connectivity index (χ1n) is 11.4. The minimum absolute atomic E-state index is 0.133. The van der Waals surface area contributed by atoms with Crippen molar-refractivity contribution < 1.29 is 5.11 Å². The highest BCUT2D eigenvalue weighted by Crippen LogP contribution is 2.37. The Bertz CT molecular complexity index is 1410. The van der Waals surface area contributed by atoms with Gasteiger partial charge in [0, 0.05) is 58.9 Å². The molecule has 1 saturated heterocycles. The van der Waals surface area contributed by atoms with E-state index >= 15 is 0 Å². The zero-order valence-electron chi connectivity index (χ0n) is 18.3. The molecule has 3 aromatic heterocycles. The Morgan fingerprint density at radius 2 is 1.97 bits per heavy atom. The summed E-state index contributed by atoms with van der Waals surface area (Å²) < 4.78 is 0. The second-order valence-electron chi connectivity index (χ2n) is 8.80. The minimum atomic E-state index is -0.133. The van der Waals surface area contributed by atoms with Crippen LogP contribution in [0, 0.1) is 0 Å². The molecule has 0 unspecified atom stereocenters. The number of nitrogens with zero attached hydrogens (tertiary/aromatic N) is 2. The molecule has 0 bridgehead atoms. The molecule has 0 radical (unpaired) electrons. The average Bonchev–Trinajstić information content (AvgIpc) is 3.48. The molecule has 33 heavy (non-hydrogen) atoms. The molecule has 0 saturated carbocycles. The number of aliphatic hydroxyl groups is 1. The zero-order chi connectivity index (χ0) is 22.2. The molecule has 6 rings (SSSR count). The van der Waals surface area contributed by atoms with Crippen LogP contribution in [0.3, 0.4) is 0 Å². The Labute approximate surface area is 196 Å². The largest absolute Gasteiger partial charge is 0.393 e. The molecule has 3 N–H and O–H groups in total. The van der Waals surface area contributed by atoms with E-state index in [4.69, 9.17) is 0 Å². The van der Waals surface area contributed by atoms with Gasteiger partial charge in [-0.1, -0.05) is 18.2 Å². The first kappa shape index (κ1) is 20.4. The standard InChI is InChI=1S/C27H26N4OS/c32-22-8-12-31(13-9-22)17-18-2-1-3-20(14-18)26-16-23-25(7-11-29-27(23)33-26)30-21-4-5-24-19(15-21)6-10-28-24/h1-7,10-11,14-16,22,28,32H,8-9,12-13,17H2,(H,29,30). The first-order valence-corrected chi connectivity index (χ1v) is 12.3. The number of fused-ring (bicyclic) bond motifs is 2. The van der Waals surface area contributed by atoms with Crippen molar-refractivity contribution in [2.24, 2.45) is 0 Å². The number of anilines is 2. The van der Waals surface area contributed by atoms with E-state index in [0.717, 1.165) is 59.6 Å². The van der Waals surface area contributed by atoms with Crippen molar-refractivity contribution in [2.75, 3.05) is 18.4 Å². The van der Waals surface area contributed by atoms with E-state index in [9.17, 15) is 5.11 Å². The number of rotatable bonds is 5. The van der Waals surface area contributed by atoms with Crippen LogP contribution in [0.2, 0.25) is 0 Å². The fourth-order valence-electron chi connectivity index (χ4n) is 4.64. The fraction of sp³-hybridized carbons (Fsp3) is 0.222. The lowest BCUT2D eigenvalue weighted by atomic mass is 10.1. The molecule has 1 aliphatic heterocycles. The van der Waals surface area contributed by atoms with Crippen molar-refractivity contribution in [2.45, 2.75) is 25.5 Å². The molecule has 0 atom stereocenters. The number of pyridine rings is 1. The fourth-order valence-corrected chi connectivity index (χ4v) is 5.66. The van der Waals surface area contributed by atoms with Crippen LogP contribution in [-0.2, 0) is 6.54 Å². The molecule has 4 heterocycles. The highest BCUT2D eigenvalue weighted by atomic mass is 32.1. The van der Waals surface area contributed by atoms with Gasteiger partial charge in [0.05, 0.1) is 11.8 Å². The maximum Gasteiger partial charge on any atom is 0.125 e.